The highest BCUT2D eigenvalue weighted by Gasteiger charge is 2.19. The molecule has 0 aliphatic rings. The molecule has 1 aromatic carbocycles. The summed E-state index contributed by atoms with van der Waals surface area (Å²) in [4.78, 5) is 0. The molecule has 0 unspecified atom stereocenters. The molecule has 3 aromatic heterocycles. The molecule has 4 rings (SSSR count). The van der Waals surface area contributed by atoms with Crippen molar-refractivity contribution in [2.75, 3.05) is 0 Å². The fourth-order valence-electron chi connectivity index (χ4n) is 2.81. The predicted octanol–water partition coefficient (Wildman–Crippen LogP) is 3.74. The first kappa shape index (κ1) is 16.9. The molecule has 1 atom stereocenters. The molecule has 4 aromatic rings. The molecular formula is C17H16BrN7S. The van der Waals surface area contributed by atoms with Crippen LogP contribution in [0.5, 0.6) is 0 Å². The van der Waals surface area contributed by atoms with Crippen LogP contribution in [0.1, 0.15) is 24.4 Å². The van der Waals surface area contributed by atoms with Crippen LogP contribution in [0.15, 0.2) is 59.6 Å². The molecule has 0 spiro atoms. The summed E-state index contributed by atoms with van der Waals surface area (Å²) in [6, 6.07) is 10.1. The number of H-pyrrole nitrogens is 1. The van der Waals surface area contributed by atoms with E-state index in [0.717, 1.165) is 16.0 Å². The van der Waals surface area contributed by atoms with Crippen LogP contribution in [-0.2, 0) is 6.54 Å². The minimum atomic E-state index is -0.0910. The van der Waals surface area contributed by atoms with Gasteiger partial charge in [0, 0.05) is 12.4 Å². The zero-order valence-corrected chi connectivity index (χ0v) is 16.4. The summed E-state index contributed by atoms with van der Waals surface area (Å²) in [5.41, 5.74) is 2.06. The van der Waals surface area contributed by atoms with Crippen LogP contribution in [0, 0.1) is 4.77 Å². The molecule has 0 aliphatic heterocycles. The van der Waals surface area contributed by atoms with Crippen molar-refractivity contribution in [3.63, 3.8) is 0 Å². The number of halogens is 1. The summed E-state index contributed by atoms with van der Waals surface area (Å²) in [6.45, 7) is 2.72. The zero-order valence-electron chi connectivity index (χ0n) is 14.0. The van der Waals surface area contributed by atoms with Crippen LogP contribution in [-0.4, -0.2) is 34.3 Å². The van der Waals surface area contributed by atoms with Crippen LogP contribution in [0.3, 0.4) is 0 Å². The second kappa shape index (κ2) is 7.00. The van der Waals surface area contributed by atoms with Crippen LogP contribution in [0.2, 0.25) is 0 Å². The lowest BCUT2D eigenvalue weighted by molar-refractivity contribution is 0.527. The average molecular weight is 430 g/mol. The Balaban J connectivity index is 1.66. The van der Waals surface area contributed by atoms with E-state index >= 15 is 0 Å². The Bertz CT molecular complexity index is 1080. The number of nitrogens with zero attached hydrogens (tertiary/aromatic N) is 6. The van der Waals surface area contributed by atoms with Gasteiger partial charge in [-0.25, -0.2) is 0 Å². The van der Waals surface area contributed by atoms with Gasteiger partial charge in [0.25, 0.3) is 0 Å². The third kappa shape index (κ3) is 3.27. The van der Waals surface area contributed by atoms with Gasteiger partial charge >= 0.3 is 0 Å². The van der Waals surface area contributed by atoms with E-state index in [9.17, 15) is 0 Å². The Morgan fingerprint density at radius 1 is 1.15 bits per heavy atom. The molecule has 0 aliphatic carbocycles. The van der Waals surface area contributed by atoms with Crippen molar-refractivity contribution in [1.82, 2.24) is 34.3 Å². The Hall–Kier alpha value is -2.52. The second-order valence-electron chi connectivity index (χ2n) is 5.92. The second-order valence-corrected chi connectivity index (χ2v) is 7.22. The topological polar surface area (TPSA) is 69.2 Å². The Morgan fingerprint density at radius 2 is 1.96 bits per heavy atom. The molecular weight excluding hydrogens is 414 g/mol. The smallest absolute Gasteiger partial charge is 0.200 e. The summed E-state index contributed by atoms with van der Waals surface area (Å²) in [6.07, 6.45) is 7.42. The van der Waals surface area contributed by atoms with Crippen molar-refractivity contribution in [2.24, 2.45) is 0 Å². The van der Waals surface area contributed by atoms with Gasteiger partial charge in [-0.15, -0.1) is 0 Å². The van der Waals surface area contributed by atoms with Gasteiger partial charge in [0.2, 0.25) is 0 Å². The van der Waals surface area contributed by atoms with Crippen LogP contribution < -0.4 is 0 Å². The third-order valence-corrected chi connectivity index (χ3v) is 4.79. The molecule has 0 saturated carbocycles. The minimum Gasteiger partial charge on any atom is -0.267 e. The van der Waals surface area contributed by atoms with Gasteiger partial charge in [0.05, 0.1) is 29.1 Å². The Kier molecular flexibility index (Phi) is 4.56. The van der Waals surface area contributed by atoms with E-state index in [1.54, 1.807) is 12.4 Å². The SMILES string of the molecule is C[C@H](c1n[nH]c(=S)n1-c1cnn(Cc2ccccc2)c1)n1cc(Br)cn1. The molecule has 3 heterocycles. The van der Waals surface area contributed by atoms with E-state index in [-0.39, 0.29) is 6.04 Å². The number of aromatic amines is 1. The predicted molar refractivity (Wildman–Crippen MR) is 104 cm³/mol. The van der Waals surface area contributed by atoms with Crippen molar-refractivity contribution in [3.05, 3.63) is 75.8 Å². The van der Waals surface area contributed by atoms with Gasteiger partial charge < -0.3 is 0 Å². The fourth-order valence-corrected chi connectivity index (χ4v) is 3.35. The van der Waals surface area contributed by atoms with Crippen LogP contribution in [0.25, 0.3) is 5.69 Å². The van der Waals surface area contributed by atoms with Crippen molar-refractivity contribution in [1.29, 1.82) is 0 Å². The normalized spacial score (nSPS) is 12.4. The van der Waals surface area contributed by atoms with Gasteiger partial charge in [0.1, 0.15) is 6.04 Å². The van der Waals surface area contributed by atoms with Crippen LogP contribution >= 0.6 is 28.1 Å². The third-order valence-electron chi connectivity index (χ3n) is 4.10. The van der Waals surface area contributed by atoms with Gasteiger partial charge in [-0.2, -0.15) is 15.3 Å². The maximum absolute atomic E-state index is 5.44. The first-order valence-corrected chi connectivity index (χ1v) is 9.25. The zero-order chi connectivity index (χ0) is 18.1. The lowest BCUT2D eigenvalue weighted by Gasteiger charge is -2.12. The van der Waals surface area contributed by atoms with Crippen molar-refractivity contribution in [2.45, 2.75) is 19.5 Å². The van der Waals surface area contributed by atoms with Gasteiger partial charge in [-0.1, -0.05) is 30.3 Å². The molecule has 0 amide bonds. The molecule has 1 N–H and O–H groups in total. The number of nitrogens with one attached hydrogen (secondary N) is 1. The summed E-state index contributed by atoms with van der Waals surface area (Å²) < 4.78 is 7.06. The molecule has 9 heteroatoms. The summed E-state index contributed by atoms with van der Waals surface area (Å²) in [7, 11) is 0. The van der Waals surface area contributed by atoms with Gasteiger partial charge in [-0.05, 0) is 40.6 Å². The maximum atomic E-state index is 5.44. The van der Waals surface area contributed by atoms with Crippen molar-refractivity contribution in [3.8, 4) is 5.69 Å². The molecule has 0 radical (unpaired) electrons. The van der Waals surface area contributed by atoms with Gasteiger partial charge in [0.15, 0.2) is 10.6 Å². The highest BCUT2D eigenvalue weighted by atomic mass is 79.9. The average Bonchev–Trinajstić information content (AvgIpc) is 3.35. The molecule has 132 valence electrons. The standard InChI is InChI=1S/C17H16BrN7S/c1-12(24-10-14(18)7-20-24)16-21-22-17(26)25(16)15-8-19-23(11-15)9-13-5-3-2-4-6-13/h2-8,10-12H,9H2,1H3,(H,22,26)/t12-/m1/s1. The molecule has 7 nitrogen and oxygen atoms in total. The number of hydrogen-bond acceptors (Lipinski definition) is 4. The Labute approximate surface area is 163 Å². The van der Waals surface area contributed by atoms with E-state index in [4.69, 9.17) is 12.2 Å². The molecule has 26 heavy (non-hydrogen) atoms. The number of aromatic nitrogens is 7. The maximum Gasteiger partial charge on any atom is 0.200 e. The largest absolute Gasteiger partial charge is 0.267 e. The van der Waals surface area contributed by atoms with Gasteiger partial charge in [-0.3, -0.25) is 19.0 Å². The molecule has 0 fully saturated rings. The molecule has 0 bridgehead atoms. The Morgan fingerprint density at radius 3 is 2.69 bits per heavy atom. The first-order chi connectivity index (χ1) is 12.6. The summed E-state index contributed by atoms with van der Waals surface area (Å²) in [5, 5.41) is 16.1. The van der Waals surface area contributed by atoms with E-state index in [1.807, 2.05) is 51.4 Å². The monoisotopic (exact) mass is 429 g/mol. The van der Waals surface area contributed by atoms with E-state index in [1.165, 1.54) is 5.56 Å². The van der Waals surface area contributed by atoms with Crippen molar-refractivity contribution < 1.29 is 0 Å². The van der Waals surface area contributed by atoms with Crippen molar-refractivity contribution >= 4 is 28.1 Å². The van der Waals surface area contributed by atoms with Crippen LogP contribution in [0.4, 0.5) is 0 Å². The van der Waals surface area contributed by atoms with E-state index in [0.29, 0.717) is 11.3 Å². The highest BCUT2D eigenvalue weighted by Crippen LogP contribution is 2.21. The first-order valence-electron chi connectivity index (χ1n) is 8.05. The summed E-state index contributed by atoms with van der Waals surface area (Å²) in [5.74, 6) is 0.768. The van der Waals surface area contributed by atoms with E-state index in [2.05, 4.69) is 48.5 Å². The lowest BCUT2D eigenvalue weighted by Crippen LogP contribution is -2.13. The minimum absolute atomic E-state index is 0.0910. The lowest BCUT2D eigenvalue weighted by atomic mass is 10.2. The number of benzene rings is 1. The quantitative estimate of drug-likeness (QED) is 0.490. The van der Waals surface area contributed by atoms with E-state index < -0.39 is 0 Å². The highest BCUT2D eigenvalue weighted by molar-refractivity contribution is 9.10. The fraction of sp³-hybridized carbons (Fsp3) is 0.176. The number of rotatable bonds is 5. The summed E-state index contributed by atoms with van der Waals surface area (Å²) >= 11 is 8.86. The molecule has 0 saturated heterocycles. The number of hydrogen-bond donors (Lipinski definition) is 1.